The molecule has 4 heteroatoms. The Morgan fingerprint density at radius 3 is 2.67 bits per heavy atom. The second kappa shape index (κ2) is 6.40. The topological polar surface area (TPSA) is 18.5 Å². The van der Waals surface area contributed by atoms with E-state index in [1.807, 2.05) is 19.1 Å². The lowest BCUT2D eigenvalue weighted by Gasteiger charge is -2.29. The van der Waals surface area contributed by atoms with Gasteiger partial charge in [-0.05, 0) is 25.5 Å². The zero-order chi connectivity index (χ0) is 13.7. The van der Waals surface area contributed by atoms with E-state index in [9.17, 15) is 4.39 Å². The molecule has 0 radical (unpaired) electrons. The largest absolute Gasteiger partial charge is 0.389 e. The number of nitrogens with one attached hydrogen (secondary N) is 1. The van der Waals surface area contributed by atoms with Crippen LogP contribution >= 0.6 is 0 Å². The maximum absolute atomic E-state index is 13.1. The molecule has 0 bridgehead atoms. The smallest absolute Gasteiger partial charge is 0.119 e. The maximum atomic E-state index is 13.1. The number of hydrogen-bond acceptors (Lipinski definition) is 3. The number of halogens is 1. The maximum Gasteiger partial charge on any atom is 0.119 e. The van der Waals surface area contributed by atoms with Crippen LogP contribution < -0.4 is 5.32 Å². The van der Waals surface area contributed by atoms with Gasteiger partial charge in [-0.2, -0.15) is 0 Å². The van der Waals surface area contributed by atoms with Crippen LogP contribution in [0.3, 0.4) is 0 Å². The highest BCUT2D eigenvalue weighted by Gasteiger charge is 2.26. The van der Waals surface area contributed by atoms with Crippen LogP contribution in [0.2, 0.25) is 0 Å². The molecule has 1 rings (SSSR count). The summed E-state index contributed by atoms with van der Waals surface area (Å²) in [4.78, 5) is 0. The van der Waals surface area contributed by atoms with Crippen molar-refractivity contribution in [3.63, 3.8) is 0 Å². The number of hydrazine groups is 1. The molecule has 1 heterocycles. The summed E-state index contributed by atoms with van der Waals surface area (Å²) in [5.41, 5.74) is 3.12. The monoisotopic (exact) mass is 251 g/mol. The van der Waals surface area contributed by atoms with Gasteiger partial charge in [0, 0.05) is 19.8 Å². The molecular formula is C14H22FN3. The Hall–Kier alpha value is -1.55. The fourth-order valence-electron chi connectivity index (χ4n) is 2.05. The highest BCUT2D eigenvalue weighted by molar-refractivity contribution is 5.29. The summed E-state index contributed by atoms with van der Waals surface area (Å²) in [7, 11) is 3.91. The molecule has 0 aliphatic carbocycles. The van der Waals surface area contributed by atoms with Gasteiger partial charge in [0.15, 0.2) is 0 Å². The van der Waals surface area contributed by atoms with Crippen LogP contribution in [-0.2, 0) is 0 Å². The van der Waals surface area contributed by atoms with E-state index in [0.717, 1.165) is 18.7 Å². The lowest BCUT2D eigenvalue weighted by atomic mass is 10.2. The van der Waals surface area contributed by atoms with Crippen molar-refractivity contribution >= 4 is 0 Å². The first-order valence-corrected chi connectivity index (χ1v) is 6.14. The lowest BCUT2D eigenvalue weighted by molar-refractivity contribution is 0.113. The van der Waals surface area contributed by atoms with Gasteiger partial charge in [-0.3, -0.25) is 5.01 Å². The van der Waals surface area contributed by atoms with Crippen LogP contribution in [0.15, 0.2) is 47.7 Å². The van der Waals surface area contributed by atoms with E-state index in [2.05, 4.69) is 23.8 Å². The predicted octanol–water partition coefficient (Wildman–Crippen LogP) is 2.93. The van der Waals surface area contributed by atoms with E-state index in [1.165, 1.54) is 23.5 Å². The van der Waals surface area contributed by atoms with Crippen LogP contribution in [0.1, 0.15) is 20.3 Å². The van der Waals surface area contributed by atoms with Gasteiger partial charge in [0.25, 0.3) is 0 Å². The number of allylic oxidation sites excluding steroid dienone is 5. The van der Waals surface area contributed by atoms with Crippen molar-refractivity contribution < 1.29 is 4.39 Å². The molecule has 100 valence electrons. The molecular weight excluding hydrogens is 229 g/mol. The average molecular weight is 251 g/mol. The van der Waals surface area contributed by atoms with Crippen molar-refractivity contribution in [1.82, 2.24) is 15.3 Å². The summed E-state index contributed by atoms with van der Waals surface area (Å²) in [6.45, 7) is 8.59. The number of likely N-dealkylation sites (N-methyl/N-ethyl adjacent to an activating group) is 2. The predicted molar refractivity (Wildman–Crippen MR) is 74.0 cm³/mol. The third-order valence-corrected chi connectivity index (χ3v) is 2.95. The van der Waals surface area contributed by atoms with Crippen molar-refractivity contribution in [2.75, 3.05) is 20.6 Å². The standard InChI is InChI=1S/C14H22FN3/c1-6-12(15)9-8-11(3)18-14(7-2)13(16-4)10-17(18)5/h6,8-9,16H,3,7,10H2,1-2,4-5H3/b9-8-,12-6+. The van der Waals surface area contributed by atoms with Crippen molar-refractivity contribution in [2.45, 2.75) is 20.3 Å². The lowest BCUT2D eigenvalue weighted by Crippen LogP contribution is -2.32. The molecule has 0 fully saturated rings. The first-order chi connectivity index (χ1) is 8.54. The molecule has 0 saturated carbocycles. The van der Waals surface area contributed by atoms with E-state index in [1.54, 1.807) is 13.0 Å². The molecule has 1 aliphatic heterocycles. The molecule has 1 aliphatic rings. The van der Waals surface area contributed by atoms with Crippen molar-refractivity contribution in [1.29, 1.82) is 0 Å². The van der Waals surface area contributed by atoms with Crippen molar-refractivity contribution in [2.24, 2.45) is 0 Å². The van der Waals surface area contributed by atoms with E-state index in [4.69, 9.17) is 0 Å². The Labute approximate surface area is 109 Å². The van der Waals surface area contributed by atoms with E-state index in [-0.39, 0.29) is 5.83 Å². The number of rotatable bonds is 5. The van der Waals surface area contributed by atoms with Crippen molar-refractivity contribution in [3.05, 3.63) is 47.7 Å². The number of hydrogen-bond donors (Lipinski definition) is 1. The van der Waals surface area contributed by atoms with E-state index >= 15 is 0 Å². The van der Waals surface area contributed by atoms with Crippen LogP contribution in [0.5, 0.6) is 0 Å². The molecule has 0 aromatic carbocycles. The van der Waals surface area contributed by atoms with Crippen molar-refractivity contribution in [3.8, 4) is 0 Å². The quantitative estimate of drug-likeness (QED) is 0.758. The Morgan fingerprint density at radius 2 is 2.17 bits per heavy atom. The zero-order valence-corrected chi connectivity index (χ0v) is 11.6. The molecule has 0 aromatic heterocycles. The second-order valence-electron chi connectivity index (χ2n) is 4.15. The summed E-state index contributed by atoms with van der Waals surface area (Å²) in [5.74, 6) is -0.256. The molecule has 0 atom stereocenters. The van der Waals surface area contributed by atoms with Crippen LogP contribution in [-0.4, -0.2) is 30.7 Å². The van der Waals surface area contributed by atoms with Gasteiger partial charge < -0.3 is 5.32 Å². The number of nitrogens with zero attached hydrogens (tertiary/aromatic N) is 2. The molecule has 1 N–H and O–H groups in total. The third-order valence-electron chi connectivity index (χ3n) is 2.95. The average Bonchev–Trinajstić information content (AvgIpc) is 2.71. The molecule has 0 amide bonds. The van der Waals surface area contributed by atoms with E-state index < -0.39 is 0 Å². The fraction of sp³-hybridized carbons (Fsp3) is 0.429. The normalized spacial score (nSPS) is 18.1. The Kier molecular flexibility index (Phi) is 5.16. The fourth-order valence-corrected chi connectivity index (χ4v) is 2.05. The van der Waals surface area contributed by atoms with Gasteiger partial charge >= 0.3 is 0 Å². The van der Waals surface area contributed by atoms with Crippen LogP contribution in [0, 0.1) is 0 Å². The second-order valence-corrected chi connectivity index (χ2v) is 4.15. The minimum absolute atomic E-state index is 0.256. The van der Waals surface area contributed by atoms with E-state index in [0.29, 0.717) is 0 Å². The summed E-state index contributed by atoms with van der Waals surface area (Å²) >= 11 is 0. The van der Waals surface area contributed by atoms with Crippen LogP contribution in [0.25, 0.3) is 0 Å². The molecule has 0 unspecified atom stereocenters. The highest BCUT2D eigenvalue weighted by atomic mass is 19.1. The summed E-state index contributed by atoms with van der Waals surface area (Å²) in [6, 6.07) is 0. The Morgan fingerprint density at radius 1 is 1.50 bits per heavy atom. The van der Waals surface area contributed by atoms with Gasteiger partial charge in [0.2, 0.25) is 0 Å². The van der Waals surface area contributed by atoms with Gasteiger partial charge in [-0.1, -0.05) is 19.6 Å². The summed E-state index contributed by atoms with van der Waals surface area (Å²) < 4.78 is 13.1. The Balaban J connectivity index is 2.91. The van der Waals surface area contributed by atoms with Gasteiger partial charge in [0.1, 0.15) is 5.83 Å². The molecule has 3 nitrogen and oxygen atoms in total. The molecule has 0 saturated heterocycles. The minimum atomic E-state index is -0.256. The SMILES string of the molecule is C=C(/C=C\C(F)=C/C)N1C(CC)=C(NC)CN1C. The Bertz CT molecular complexity index is 407. The molecule has 0 aromatic rings. The summed E-state index contributed by atoms with van der Waals surface area (Å²) in [5, 5.41) is 7.28. The minimum Gasteiger partial charge on any atom is -0.389 e. The van der Waals surface area contributed by atoms with Gasteiger partial charge in [-0.25, -0.2) is 9.40 Å². The van der Waals surface area contributed by atoms with Gasteiger partial charge in [0.05, 0.1) is 17.9 Å². The highest BCUT2D eigenvalue weighted by Crippen LogP contribution is 2.27. The zero-order valence-electron chi connectivity index (χ0n) is 11.6. The third kappa shape index (κ3) is 3.01. The molecule has 18 heavy (non-hydrogen) atoms. The molecule has 0 spiro atoms. The first-order valence-electron chi connectivity index (χ1n) is 6.14. The van der Waals surface area contributed by atoms with Crippen LogP contribution in [0.4, 0.5) is 4.39 Å². The van der Waals surface area contributed by atoms with Gasteiger partial charge in [-0.15, -0.1) is 0 Å². The first kappa shape index (κ1) is 14.5. The summed E-state index contributed by atoms with van der Waals surface area (Å²) in [6.07, 6.45) is 5.45.